The smallest absolute Gasteiger partial charge is 0.229 e. The predicted molar refractivity (Wildman–Crippen MR) is 127 cm³/mol. The van der Waals surface area contributed by atoms with Crippen LogP contribution in [-0.4, -0.2) is 34.2 Å². The van der Waals surface area contributed by atoms with E-state index in [1.807, 2.05) is 54.6 Å². The molecule has 0 spiro atoms. The second-order valence-corrected chi connectivity index (χ2v) is 8.95. The molecule has 0 unspecified atom stereocenters. The third kappa shape index (κ3) is 4.66. The number of hydrogen-bond donors (Lipinski definition) is 1. The van der Waals surface area contributed by atoms with Crippen molar-refractivity contribution in [2.75, 3.05) is 23.3 Å². The van der Waals surface area contributed by atoms with Gasteiger partial charge >= 0.3 is 0 Å². The molecule has 0 bridgehead atoms. The molecule has 32 heavy (non-hydrogen) atoms. The number of rotatable bonds is 5. The summed E-state index contributed by atoms with van der Waals surface area (Å²) in [5.41, 5.74) is 0.835. The number of nitrogens with one attached hydrogen (secondary N) is 1. The van der Waals surface area contributed by atoms with Crippen LogP contribution in [0.25, 0.3) is 10.2 Å². The fourth-order valence-corrected chi connectivity index (χ4v) is 4.70. The number of para-hydroxylation sites is 1. The van der Waals surface area contributed by atoms with E-state index in [1.54, 1.807) is 6.07 Å². The number of fused-ring (bicyclic) bond motifs is 1. The maximum Gasteiger partial charge on any atom is 0.229 e. The third-order valence-corrected chi connectivity index (χ3v) is 6.51. The first kappa shape index (κ1) is 20.7. The topological polar surface area (TPSA) is 80.2 Å². The largest absolute Gasteiger partial charge is 0.457 e. The Morgan fingerprint density at radius 1 is 1.03 bits per heavy atom. The van der Waals surface area contributed by atoms with Crippen LogP contribution in [0.1, 0.15) is 12.8 Å². The lowest BCUT2D eigenvalue weighted by Crippen LogP contribution is -2.38. The number of anilines is 2. The highest BCUT2D eigenvalue weighted by atomic mass is 35.5. The minimum atomic E-state index is -0.0597. The monoisotopic (exact) mass is 465 g/mol. The molecule has 3 heterocycles. The zero-order valence-corrected chi connectivity index (χ0v) is 18.6. The molecule has 162 valence electrons. The molecule has 4 aromatic rings. The van der Waals surface area contributed by atoms with Crippen molar-refractivity contribution in [1.82, 2.24) is 15.2 Å². The first-order valence-electron chi connectivity index (χ1n) is 10.3. The molecule has 1 aliphatic heterocycles. The van der Waals surface area contributed by atoms with E-state index in [9.17, 15) is 4.79 Å². The van der Waals surface area contributed by atoms with Crippen LogP contribution >= 0.6 is 22.9 Å². The number of carbonyl (C=O) groups is 1. The Labute approximate surface area is 194 Å². The van der Waals surface area contributed by atoms with E-state index in [0.29, 0.717) is 10.3 Å². The number of amides is 1. The molecule has 0 saturated carbocycles. The van der Waals surface area contributed by atoms with Crippen molar-refractivity contribution in [3.8, 4) is 11.5 Å². The minimum absolute atomic E-state index is 0.00616. The van der Waals surface area contributed by atoms with Gasteiger partial charge < -0.3 is 15.0 Å². The zero-order chi connectivity index (χ0) is 21.9. The van der Waals surface area contributed by atoms with E-state index in [0.717, 1.165) is 53.5 Å². The van der Waals surface area contributed by atoms with E-state index in [2.05, 4.69) is 25.4 Å². The van der Waals surface area contributed by atoms with Gasteiger partial charge in [0.05, 0.1) is 10.2 Å². The van der Waals surface area contributed by atoms with Gasteiger partial charge in [0.2, 0.25) is 5.91 Å². The molecule has 9 heteroatoms. The Balaban J connectivity index is 1.20. The van der Waals surface area contributed by atoms with E-state index in [4.69, 9.17) is 16.3 Å². The summed E-state index contributed by atoms with van der Waals surface area (Å²) in [6.45, 7) is 1.49. The van der Waals surface area contributed by atoms with Gasteiger partial charge in [-0.3, -0.25) is 4.79 Å². The number of nitrogens with zero attached hydrogens (tertiary/aromatic N) is 4. The fraction of sp³-hybridized carbons (Fsp3) is 0.217. The Morgan fingerprint density at radius 3 is 2.59 bits per heavy atom. The van der Waals surface area contributed by atoms with Crippen LogP contribution in [0.2, 0.25) is 5.15 Å². The predicted octanol–water partition coefficient (Wildman–Crippen LogP) is 5.39. The third-order valence-electron chi connectivity index (χ3n) is 5.38. The normalized spacial score (nSPS) is 14.5. The number of aromatic nitrogens is 3. The first-order chi connectivity index (χ1) is 15.6. The summed E-state index contributed by atoms with van der Waals surface area (Å²) in [6, 6.07) is 19.0. The number of piperidine rings is 1. The Morgan fingerprint density at radius 2 is 1.84 bits per heavy atom. The van der Waals surface area contributed by atoms with E-state index in [-0.39, 0.29) is 11.8 Å². The first-order valence-corrected chi connectivity index (χ1v) is 11.5. The summed E-state index contributed by atoms with van der Waals surface area (Å²) in [4.78, 5) is 19.5. The highest BCUT2D eigenvalue weighted by Gasteiger charge is 2.26. The van der Waals surface area contributed by atoms with Gasteiger partial charge in [0.1, 0.15) is 11.5 Å². The van der Waals surface area contributed by atoms with Crippen LogP contribution in [0.15, 0.2) is 60.7 Å². The van der Waals surface area contributed by atoms with Crippen LogP contribution in [0.4, 0.5) is 10.9 Å². The average molecular weight is 466 g/mol. The quantitative estimate of drug-likeness (QED) is 0.425. The number of benzene rings is 2. The van der Waals surface area contributed by atoms with Gasteiger partial charge in [-0.25, -0.2) is 4.98 Å². The Kier molecular flexibility index (Phi) is 5.87. The van der Waals surface area contributed by atoms with Gasteiger partial charge in [0.25, 0.3) is 0 Å². The SMILES string of the molecule is O=C(Nc1nc2ccc(Oc3ccccc3)cc2s1)C1CCN(c2ccc(Cl)nn2)CC1. The number of thiazole rings is 1. The van der Waals surface area contributed by atoms with Crippen molar-refractivity contribution < 1.29 is 9.53 Å². The van der Waals surface area contributed by atoms with Gasteiger partial charge in [-0.15, -0.1) is 10.2 Å². The second-order valence-electron chi connectivity index (χ2n) is 7.53. The van der Waals surface area contributed by atoms with Gasteiger partial charge in [-0.1, -0.05) is 41.1 Å². The average Bonchev–Trinajstić information content (AvgIpc) is 3.22. The number of hydrogen-bond acceptors (Lipinski definition) is 7. The second kappa shape index (κ2) is 9.10. The molecular weight excluding hydrogens is 446 g/mol. The maximum absolute atomic E-state index is 12.8. The van der Waals surface area contributed by atoms with Crippen molar-refractivity contribution in [2.45, 2.75) is 12.8 Å². The summed E-state index contributed by atoms with van der Waals surface area (Å²) >= 11 is 7.26. The molecule has 1 fully saturated rings. The van der Waals surface area contributed by atoms with Crippen LogP contribution in [0.5, 0.6) is 11.5 Å². The maximum atomic E-state index is 12.8. The lowest BCUT2D eigenvalue weighted by atomic mass is 9.96. The molecule has 0 atom stereocenters. The van der Waals surface area contributed by atoms with E-state index in [1.165, 1.54) is 11.3 Å². The summed E-state index contributed by atoms with van der Waals surface area (Å²) in [7, 11) is 0. The van der Waals surface area contributed by atoms with E-state index >= 15 is 0 Å². The lowest BCUT2D eigenvalue weighted by Gasteiger charge is -2.31. The number of ether oxygens (including phenoxy) is 1. The molecule has 0 aliphatic carbocycles. The molecule has 7 nitrogen and oxygen atoms in total. The van der Waals surface area contributed by atoms with E-state index < -0.39 is 0 Å². The standard InChI is InChI=1S/C23H20ClN5O2S/c24-20-8-9-21(28-27-20)29-12-10-15(11-13-29)22(30)26-23-25-18-7-6-17(14-19(18)32-23)31-16-4-2-1-3-5-16/h1-9,14-15H,10-13H2,(H,25,26,30). The molecule has 0 radical (unpaired) electrons. The molecule has 1 aliphatic rings. The van der Waals surface area contributed by atoms with Crippen molar-refractivity contribution in [1.29, 1.82) is 0 Å². The molecule has 5 rings (SSSR count). The summed E-state index contributed by atoms with van der Waals surface area (Å²) in [6.07, 6.45) is 1.49. The van der Waals surface area contributed by atoms with Crippen molar-refractivity contribution in [2.24, 2.45) is 5.92 Å². The van der Waals surface area contributed by atoms with Crippen LogP contribution < -0.4 is 15.0 Å². The van der Waals surface area contributed by atoms with Crippen LogP contribution in [0, 0.1) is 5.92 Å². The molecule has 1 saturated heterocycles. The highest BCUT2D eigenvalue weighted by molar-refractivity contribution is 7.22. The van der Waals surface area contributed by atoms with Crippen LogP contribution in [-0.2, 0) is 4.79 Å². The zero-order valence-electron chi connectivity index (χ0n) is 17.1. The number of halogens is 1. The molecule has 1 amide bonds. The highest BCUT2D eigenvalue weighted by Crippen LogP contribution is 2.32. The van der Waals surface area contributed by atoms with Gasteiger partial charge in [0, 0.05) is 25.1 Å². The van der Waals surface area contributed by atoms with Gasteiger partial charge in [0.15, 0.2) is 16.1 Å². The molecular formula is C23H20ClN5O2S. The van der Waals surface area contributed by atoms with Crippen molar-refractivity contribution in [3.63, 3.8) is 0 Å². The summed E-state index contributed by atoms with van der Waals surface area (Å²) in [5.74, 6) is 2.25. The molecule has 1 N–H and O–H groups in total. The Bertz CT molecular complexity index is 1220. The van der Waals surface area contributed by atoms with Gasteiger partial charge in [-0.05, 0) is 49.2 Å². The molecule has 2 aromatic heterocycles. The fourth-order valence-electron chi connectivity index (χ4n) is 3.70. The number of carbonyl (C=O) groups excluding carboxylic acids is 1. The summed E-state index contributed by atoms with van der Waals surface area (Å²) in [5, 5.41) is 12.0. The van der Waals surface area contributed by atoms with Gasteiger partial charge in [-0.2, -0.15) is 0 Å². The lowest BCUT2D eigenvalue weighted by molar-refractivity contribution is -0.120. The van der Waals surface area contributed by atoms with Crippen molar-refractivity contribution >= 4 is 50.0 Å². The Hall–Kier alpha value is -3.23. The molecule has 2 aromatic carbocycles. The summed E-state index contributed by atoms with van der Waals surface area (Å²) < 4.78 is 6.86. The van der Waals surface area contributed by atoms with Crippen LogP contribution in [0.3, 0.4) is 0 Å². The van der Waals surface area contributed by atoms with Crippen molar-refractivity contribution in [3.05, 3.63) is 65.8 Å². The minimum Gasteiger partial charge on any atom is -0.457 e.